The molecule has 0 bridgehead atoms. The Morgan fingerprint density at radius 1 is 1.44 bits per heavy atom. The molecule has 96 valence electrons. The molecular formula is C12H14N2O4. The number of nitrogens with zero attached hydrogens (tertiary/aromatic N) is 1. The van der Waals surface area contributed by atoms with Crippen LogP contribution >= 0.6 is 0 Å². The van der Waals surface area contributed by atoms with Crippen LogP contribution in [0.3, 0.4) is 0 Å². The summed E-state index contributed by atoms with van der Waals surface area (Å²) < 4.78 is 15.3. The van der Waals surface area contributed by atoms with E-state index in [-0.39, 0.29) is 17.4 Å². The molecule has 0 aliphatic heterocycles. The predicted octanol–water partition coefficient (Wildman–Crippen LogP) is 2.04. The highest BCUT2D eigenvalue weighted by Crippen LogP contribution is 2.41. The number of ether oxygens (including phenoxy) is 2. The second-order valence-electron chi connectivity index (χ2n) is 3.56. The summed E-state index contributed by atoms with van der Waals surface area (Å²) in [6.07, 6.45) is 1.48. The van der Waals surface area contributed by atoms with Crippen molar-refractivity contribution in [3.8, 4) is 28.4 Å². The van der Waals surface area contributed by atoms with Crippen molar-refractivity contribution in [2.45, 2.75) is 6.92 Å². The van der Waals surface area contributed by atoms with Crippen LogP contribution in [-0.4, -0.2) is 24.0 Å². The minimum Gasteiger partial charge on any atom is -0.504 e. The molecule has 3 N–H and O–H groups in total. The number of benzene rings is 1. The summed E-state index contributed by atoms with van der Waals surface area (Å²) in [6, 6.07) is 3.23. The number of phenolic OH excluding ortho intramolecular Hbond substituents is 1. The second kappa shape index (κ2) is 4.87. The predicted molar refractivity (Wildman–Crippen MR) is 65.7 cm³/mol. The summed E-state index contributed by atoms with van der Waals surface area (Å²) in [5.74, 6) is 0.882. The molecule has 1 heterocycles. The normalized spacial score (nSPS) is 10.3. The fraction of sp³-hybridized carbons (Fsp3) is 0.250. The number of nitrogen functional groups attached to an aromatic ring is 1. The van der Waals surface area contributed by atoms with Crippen LogP contribution in [0.25, 0.3) is 11.1 Å². The van der Waals surface area contributed by atoms with Crippen molar-refractivity contribution in [1.82, 2.24) is 5.16 Å². The first-order valence-electron chi connectivity index (χ1n) is 5.41. The van der Waals surface area contributed by atoms with E-state index in [1.807, 2.05) is 6.92 Å². The molecule has 0 fully saturated rings. The number of methoxy groups -OCH3 is 1. The Bertz CT molecular complexity index is 551. The van der Waals surface area contributed by atoms with E-state index in [2.05, 4.69) is 5.16 Å². The van der Waals surface area contributed by atoms with E-state index >= 15 is 0 Å². The summed E-state index contributed by atoms with van der Waals surface area (Å²) in [4.78, 5) is 0. The van der Waals surface area contributed by atoms with Crippen LogP contribution in [0.1, 0.15) is 6.92 Å². The van der Waals surface area contributed by atoms with Gasteiger partial charge in [0, 0.05) is 0 Å². The summed E-state index contributed by atoms with van der Waals surface area (Å²) in [7, 11) is 1.46. The van der Waals surface area contributed by atoms with Crippen molar-refractivity contribution in [2.24, 2.45) is 0 Å². The highest BCUT2D eigenvalue weighted by atomic mass is 16.5. The zero-order valence-corrected chi connectivity index (χ0v) is 10.1. The number of anilines is 1. The molecule has 0 spiro atoms. The molecule has 0 radical (unpaired) electrons. The van der Waals surface area contributed by atoms with E-state index in [1.54, 1.807) is 6.07 Å². The Balaban J connectivity index is 2.54. The smallest absolute Gasteiger partial charge is 0.229 e. The van der Waals surface area contributed by atoms with Crippen molar-refractivity contribution in [2.75, 3.05) is 19.5 Å². The fourth-order valence-corrected chi connectivity index (χ4v) is 1.68. The van der Waals surface area contributed by atoms with Gasteiger partial charge < -0.3 is 24.8 Å². The number of rotatable bonds is 4. The standard InChI is InChI=1S/C12H14N2O4/c1-3-17-10-5-7(4-9(15)11(10)16-2)8-6-14-18-12(8)13/h4-6,15H,3,13H2,1-2H3. The van der Waals surface area contributed by atoms with Gasteiger partial charge in [0.05, 0.1) is 25.5 Å². The van der Waals surface area contributed by atoms with Crippen molar-refractivity contribution < 1.29 is 19.1 Å². The molecule has 18 heavy (non-hydrogen) atoms. The van der Waals surface area contributed by atoms with E-state index in [0.717, 1.165) is 0 Å². The van der Waals surface area contributed by atoms with E-state index in [9.17, 15) is 5.11 Å². The molecule has 0 saturated carbocycles. The van der Waals surface area contributed by atoms with Gasteiger partial charge >= 0.3 is 0 Å². The maximum absolute atomic E-state index is 9.89. The molecule has 1 aromatic carbocycles. The van der Waals surface area contributed by atoms with E-state index < -0.39 is 0 Å². The van der Waals surface area contributed by atoms with Crippen molar-refractivity contribution in [1.29, 1.82) is 0 Å². The Morgan fingerprint density at radius 3 is 2.78 bits per heavy atom. The van der Waals surface area contributed by atoms with Gasteiger partial charge in [-0.2, -0.15) is 0 Å². The van der Waals surface area contributed by atoms with Gasteiger partial charge in [-0.15, -0.1) is 0 Å². The first kappa shape index (κ1) is 12.1. The van der Waals surface area contributed by atoms with E-state index in [1.165, 1.54) is 19.4 Å². The third-order valence-corrected chi connectivity index (χ3v) is 2.45. The van der Waals surface area contributed by atoms with Crippen molar-refractivity contribution in [3.05, 3.63) is 18.3 Å². The molecule has 2 rings (SSSR count). The van der Waals surface area contributed by atoms with Gasteiger partial charge in [0.2, 0.25) is 11.6 Å². The zero-order chi connectivity index (χ0) is 13.1. The summed E-state index contributed by atoms with van der Waals surface area (Å²) in [5, 5.41) is 13.5. The van der Waals surface area contributed by atoms with Gasteiger partial charge in [0.15, 0.2) is 11.5 Å². The molecule has 0 atom stereocenters. The van der Waals surface area contributed by atoms with Crippen LogP contribution < -0.4 is 15.2 Å². The molecule has 0 amide bonds. The van der Waals surface area contributed by atoms with Gasteiger partial charge in [-0.3, -0.25) is 0 Å². The van der Waals surface area contributed by atoms with Crippen LogP contribution in [0.4, 0.5) is 5.88 Å². The van der Waals surface area contributed by atoms with Gasteiger partial charge in [-0.05, 0) is 24.6 Å². The Morgan fingerprint density at radius 2 is 2.22 bits per heavy atom. The lowest BCUT2D eigenvalue weighted by atomic mass is 10.1. The molecule has 0 aliphatic carbocycles. The van der Waals surface area contributed by atoms with Gasteiger partial charge in [0.25, 0.3) is 0 Å². The number of aromatic hydroxyl groups is 1. The topological polar surface area (TPSA) is 90.7 Å². The number of aromatic nitrogens is 1. The summed E-state index contributed by atoms with van der Waals surface area (Å²) in [6.45, 7) is 2.30. The lowest BCUT2D eigenvalue weighted by Gasteiger charge is -2.12. The first-order chi connectivity index (χ1) is 8.67. The second-order valence-corrected chi connectivity index (χ2v) is 3.56. The van der Waals surface area contributed by atoms with Crippen LogP contribution in [0.5, 0.6) is 17.2 Å². The van der Waals surface area contributed by atoms with Crippen molar-refractivity contribution in [3.63, 3.8) is 0 Å². The van der Waals surface area contributed by atoms with Crippen LogP contribution in [0.15, 0.2) is 22.9 Å². The minimum atomic E-state index is -0.0287. The molecular weight excluding hydrogens is 236 g/mol. The largest absolute Gasteiger partial charge is 0.504 e. The van der Waals surface area contributed by atoms with Gasteiger partial charge in [0.1, 0.15) is 0 Å². The zero-order valence-electron chi connectivity index (χ0n) is 10.1. The van der Waals surface area contributed by atoms with Crippen LogP contribution in [-0.2, 0) is 0 Å². The van der Waals surface area contributed by atoms with Crippen LogP contribution in [0.2, 0.25) is 0 Å². The molecule has 6 nitrogen and oxygen atoms in total. The number of nitrogens with two attached hydrogens (primary N) is 1. The fourth-order valence-electron chi connectivity index (χ4n) is 1.68. The first-order valence-corrected chi connectivity index (χ1v) is 5.41. The number of phenols is 1. The Kier molecular flexibility index (Phi) is 3.27. The molecule has 0 unspecified atom stereocenters. The monoisotopic (exact) mass is 250 g/mol. The van der Waals surface area contributed by atoms with Crippen LogP contribution in [0, 0.1) is 0 Å². The molecule has 0 aliphatic rings. The summed E-state index contributed by atoms with van der Waals surface area (Å²) >= 11 is 0. The lowest BCUT2D eigenvalue weighted by Crippen LogP contribution is -1.96. The third kappa shape index (κ3) is 2.04. The van der Waals surface area contributed by atoms with Gasteiger partial charge in [-0.25, -0.2) is 0 Å². The number of hydrogen-bond donors (Lipinski definition) is 2. The molecule has 0 saturated heterocycles. The summed E-state index contributed by atoms with van der Waals surface area (Å²) in [5.41, 5.74) is 6.87. The molecule has 6 heteroatoms. The maximum atomic E-state index is 9.89. The van der Waals surface area contributed by atoms with E-state index in [4.69, 9.17) is 19.7 Å². The SMILES string of the molecule is CCOc1cc(-c2cnoc2N)cc(O)c1OC. The Labute approximate surface area is 104 Å². The average molecular weight is 250 g/mol. The lowest BCUT2D eigenvalue weighted by molar-refractivity contribution is 0.300. The average Bonchev–Trinajstić information content (AvgIpc) is 2.75. The molecule has 1 aromatic heterocycles. The highest BCUT2D eigenvalue weighted by molar-refractivity contribution is 5.76. The van der Waals surface area contributed by atoms with E-state index in [0.29, 0.717) is 23.5 Å². The third-order valence-electron chi connectivity index (χ3n) is 2.45. The van der Waals surface area contributed by atoms with Crippen molar-refractivity contribution >= 4 is 5.88 Å². The Hall–Kier alpha value is -2.37. The van der Waals surface area contributed by atoms with Gasteiger partial charge in [-0.1, -0.05) is 5.16 Å². The molecule has 2 aromatic rings. The quantitative estimate of drug-likeness (QED) is 0.862. The number of hydrogen-bond acceptors (Lipinski definition) is 6. The highest BCUT2D eigenvalue weighted by Gasteiger charge is 2.16. The maximum Gasteiger partial charge on any atom is 0.229 e. The minimum absolute atomic E-state index is 0.0287.